The summed E-state index contributed by atoms with van der Waals surface area (Å²) in [5, 5.41) is 15.2. The lowest BCUT2D eigenvalue weighted by Gasteiger charge is -2.33. The van der Waals surface area contributed by atoms with Gasteiger partial charge in [0.15, 0.2) is 5.69 Å². The molecule has 0 aliphatic carbocycles. The van der Waals surface area contributed by atoms with Gasteiger partial charge in [-0.1, -0.05) is 32.9 Å². The first-order valence-electron chi connectivity index (χ1n) is 14.0. The molecule has 0 bridgehead atoms. The van der Waals surface area contributed by atoms with E-state index in [2.05, 4.69) is 84.4 Å². The predicted molar refractivity (Wildman–Crippen MR) is 154 cm³/mol. The second-order valence-corrected chi connectivity index (χ2v) is 11.1. The fraction of sp³-hybridized carbons (Fsp3) is 0.438. The fourth-order valence-corrected chi connectivity index (χ4v) is 5.57. The zero-order valence-corrected chi connectivity index (χ0v) is 23.1. The minimum atomic E-state index is 0.471. The minimum absolute atomic E-state index is 0.471. The summed E-state index contributed by atoms with van der Waals surface area (Å²) in [4.78, 5) is 11.9. The summed E-state index contributed by atoms with van der Waals surface area (Å²) in [6.45, 7) is 8.70. The topological polar surface area (TPSA) is 70.6 Å². The zero-order chi connectivity index (χ0) is 26.6. The molecule has 0 amide bonds. The van der Waals surface area contributed by atoms with Gasteiger partial charge in [0.1, 0.15) is 11.9 Å². The number of aromatic nitrogens is 4. The third-order valence-electron chi connectivity index (χ3n) is 7.90. The Morgan fingerprint density at radius 2 is 1.84 bits per heavy atom. The van der Waals surface area contributed by atoms with Crippen LogP contribution < -0.4 is 4.90 Å². The summed E-state index contributed by atoms with van der Waals surface area (Å²) in [6, 6.07) is 15.4. The maximum absolute atomic E-state index is 9.77. The van der Waals surface area contributed by atoms with Gasteiger partial charge in [-0.2, -0.15) is 10.4 Å². The highest BCUT2D eigenvalue weighted by atomic mass is 15.3. The smallest absolute Gasteiger partial charge is 0.170 e. The summed E-state index contributed by atoms with van der Waals surface area (Å²) in [5.74, 6) is 2.36. The molecule has 38 heavy (non-hydrogen) atoms. The van der Waals surface area contributed by atoms with E-state index in [0.29, 0.717) is 17.5 Å². The number of piperidine rings is 1. The van der Waals surface area contributed by atoms with Crippen LogP contribution in [-0.4, -0.2) is 32.8 Å². The van der Waals surface area contributed by atoms with Crippen LogP contribution >= 0.6 is 0 Å². The molecule has 0 unspecified atom stereocenters. The summed E-state index contributed by atoms with van der Waals surface area (Å²) in [5.41, 5.74) is 7.34. The number of benzene rings is 1. The van der Waals surface area contributed by atoms with Gasteiger partial charge in [0.2, 0.25) is 0 Å². The van der Waals surface area contributed by atoms with Crippen LogP contribution in [0.25, 0.3) is 22.0 Å². The molecule has 4 aromatic rings. The number of rotatable bonds is 8. The lowest BCUT2D eigenvalue weighted by atomic mass is 9.90. The molecule has 0 atom stereocenters. The molecule has 196 valence electrons. The Morgan fingerprint density at radius 1 is 1.03 bits per heavy atom. The molecule has 6 heteroatoms. The monoisotopic (exact) mass is 506 g/mol. The van der Waals surface area contributed by atoms with E-state index < -0.39 is 0 Å². The van der Waals surface area contributed by atoms with Crippen LogP contribution in [0.4, 0.5) is 5.82 Å². The summed E-state index contributed by atoms with van der Waals surface area (Å²) in [7, 11) is 1.92. The first-order chi connectivity index (χ1) is 18.4. The van der Waals surface area contributed by atoms with Crippen LogP contribution in [0.2, 0.25) is 0 Å². The van der Waals surface area contributed by atoms with Crippen molar-refractivity contribution in [3.05, 3.63) is 71.3 Å². The van der Waals surface area contributed by atoms with Gasteiger partial charge in [0.05, 0.1) is 5.52 Å². The van der Waals surface area contributed by atoms with Gasteiger partial charge in [0.25, 0.3) is 0 Å². The summed E-state index contributed by atoms with van der Waals surface area (Å²) < 4.78 is 1.83. The SMILES string of the molecule is CCc1ccc(CC2CCN(c3ccc(-c4cc(CCC(C)C)cc5c4c(C#N)nn5C)cn3)CC2)cn1. The van der Waals surface area contributed by atoms with Crippen LogP contribution in [0.15, 0.2) is 48.8 Å². The van der Waals surface area contributed by atoms with E-state index in [1.165, 1.54) is 24.0 Å². The number of hydrogen-bond acceptors (Lipinski definition) is 5. The molecule has 1 saturated heterocycles. The van der Waals surface area contributed by atoms with E-state index in [1.807, 2.05) is 17.9 Å². The number of anilines is 1. The molecule has 6 nitrogen and oxygen atoms in total. The highest BCUT2D eigenvalue weighted by Crippen LogP contribution is 2.34. The van der Waals surface area contributed by atoms with Gasteiger partial charge >= 0.3 is 0 Å². The van der Waals surface area contributed by atoms with Crippen LogP contribution in [-0.2, 0) is 26.3 Å². The van der Waals surface area contributed by atoms with Crippen molar-refractivity contribution in [2.45, 2.75) is 59.3 Å². The summed E-state index contributed by atoms with van der Waals surface area (Å²) >= 11 is 0. The van der Waals surface area contributed by atoms with E-state index in [9.17, 15) is 5.26 Å². The Labute approximate surface area is 226 Å². The third-order valence-corrected chi connectivity index (χ3v) is 7.90. The second-order valence-electron chi connectivity index (χ2n) is 11.1. The van der Waals surface area contributed by atoms with Crippen molar-refractivity contribution in [2.24, 2.45) is 18.9 Å². The number of aryl methyl sites for hydroxylation is 3. The van der Waals surface area contributed by atoms with E-state index >= 15 is 0 Å². The van der Waals surface area contributed by atoms with Crippen LogP contribution in [0, 0.1) is 23.2 Å². The normalized spacial score (nSPS) is 14.4. The van der Waals surface area contributed by atoms with Gasteiger partial charge in [-0.05, 0) is 91.3 Å². The third kappa shape index (κ3) is 5.57. The Hall–Kier alpha value is -3.72. The molecule has 0 spiro atoms. The highest BCUT2D eigenvalue weighted by Gasteiger charge is 2.21. The molecule has 0 radical (unpaired) electrons. The maximum atomic E-state index is 9.77. The van der Waals surface area contributed by atoms with Crippen molar-refractivity contribution >= 4 is 16.7 Å². The van der Waals surface area contributed by atoms with Gasteiger partial charge < -0.3 is 4.90 Å². The standard InChI is InChI=1S/C32H38N6/c1-5-27-10-8-25(20-34-27)16-23-12-14-38(15-13-23)31-11-9-26(21-35-31)28-17-24(7-6-22(2)3)18-30-32(28)29(19-33)36-37(30)4/h8-11,17-18,20-23H,5-7,12-16H2,1-4H3. The molecule has 0 saturated carbocycles. The molecular formula is C32H38N6. The van der Waals surface area contributed by atoms with E-state index in [0.717, 1.165) is 72.3 Å². The minimum Gasteiger partial charge on any atom is -0.357 e. The van der Waals surface area contributed by atoms with Crippen molar-refractivity contribution in [3.8, 4) is 17.2 Å². The number of nitriles is 1. The van der Waals surface area contributed by atoms with Crippen molar-refractivity contribution < 1.29 is 0 Å². The molecule has 1 aliphatic heterocycles. The van der Waals surface area contributed by atoms with Crippen molar-refractivity contribution in [2.75, 3.05) is 18.0 Å². The fourth-order valence-electron chi connectivity index (χ4n) is 5.57. The number of fused-ring (bicyclic) bond motifs is 1. The molecular weight excluding hydrogens is 468 g/mol. The molecule has 3 aromatic heterocycles. The van der Waals surface area contributed by atoms with Crippen molar-refractivity contribution in [3.63, 3.8) is 0 Å². The molecule has 5 rings (SSSR count). The van der Waals surface area contributed by atoms with E-state index in [4.69, 9.17) is 4.98 Å². The molecule has 0 N–H and O–H groups in total. The first-order valence-corrected chi connectivity index (χ1v) is 14.0. The molecule has 4 heterocycles. The Balaban J connectivity index is 1.32. The van der Waals surface area contributed by atoms with Crippen molar-refractivity contribution in [1.29, 1.82) is 5.26 Å². The average molecular weight is 507 g/mol. The Bertz CT molecular complexity index is 1420. The lowest BCUT2D eigenvalue weighted by Crippen LogP contribution is -2.34. The number of pyridine rings is 2. The highest BCUT2D eigenvalue weighted by molar-refractivity contribution is 5.99. The van der Waals surface area contributed by atoms with E-state index in [1.54, 1.807) is 0 Å². The first kappa shape index (κ1) is 25.9. The predicted octanol–water partition coefficient (Wildman–Crippen LogP) is 6.51. The maximum Gasteiger partial charge on any atom is 0.170 e. The average Bonchev–Trinajstić information content (AvgIpc) is 3.28. The number of hydrogen-bond donors (Lipinski definition) is 0. The second kappa shape index (κ2) is 11.3. The molecule has 1 aromatic carbocycles. The van der Waals surface area contributed by atoms with Gasteiger partial charge in [-0.25, -0.2) is 4.98 Å². The quantitative estimate of drug-likeness (QED) is 0.272. The largest absolute Gasteiger partial charge is 0.357 e. The van der Waals surface area contributed by atoms with Gasteiger partial charge in [-0.3, -0.25) is 9.67 Å². The van der Waals surface area contributed by atoms with Gasteiger partial charge in [-0.15, -0.1) is 0 Å². The molecule has 1 aliphatic rings. The number of nitrogens with zero attached hydrogens (tertiary/aromatic N) is 6. The Morgan fingerprint density at radius 3 is 2.47 bits per heavy atom. The van der Waals surface area contributed by atoms with Crippen LogP contribution in [0.3, 0.4) is 0 Å². The van der Waals surface area contributed by atoms with E-state index in [-0.39, 0.29) is 0 Å². The molecule has 1 fully saturated rings. The van der Waals surface area contributed by atoms with Crippen LogP contribution in [0.5, 0.6) is 0 Å². The van der Waals surface area contributed by atoms with Crippen LogP contribution in [0.1, 0.15) is 62.5 Å². The van der Waals surface area contributed by atoms with Gasteiger partial charge in [0, 0.05) is 49.2 Å². The summed E-state index contributed by atoms with van der Waals surface area (Å²) in [6.07, 6.45) is 10.6. The Kier molecular flexibility index (Phi) is 7.74. The lowest BCUT2D eigenvalue weighted by molar-refractivity contribution is 0.402. The van der Waals surface area contributed by atoms with Crippen molar-refractivity contribution in [1.82, 2.24) is 19.7 Å². The zero-order valence-electron chi connectivity index (χ0n) is 23.1.